The molecule has 2 atom stereocenters. The fourth-order valence-corrected chi connectivity index (χ4v) is 4.73. The van der Waals surface area contributed by atoms with E-state index in [1.807, 2.05) is 6.20 Å². The average Bonchev–Trinajstić information content (AvgIpc) is 3.65. The highest BCUT2D eigenvalue weighted by Crippen LogP contribution is 2.27. The number of rotatable bonds is 1. The van der Waals surface area contributed by atoms with Crippen molar-refractivity contribution in [2.45, 2.75) is 31.7 Å². The number of aryl methyl sites for hydroxylation is 1. The average molecular weight is 523 g/mol. The third-order valence-electron chi connectivity index (χ3n) is 6.44. The molecule has 2 aliphatic rings. The Morgan fingerprint density at radius 1 is 1.19 bits per heavy atom. The predicted molar refractivity (Wildman–Crippen MR) is 130 cm³/mol. The fraction of sp³-hybridized carbons (Fsp3) is 0.333. The molecular weight excluding hydrogens is 500 g/mol. The zero-order valence-corrected chi connectivity index (χ0v) is 20.4. The lowest BCUT2D eigenvalue weighted by Crippen LogP contribution is -2.44. The van der Waals surface area contributed by atoms with E-state index in [0.29, 0.717) is 52.8 Å². The summed E-state index contributed by atoms with van der Waals surface area (Å²) < 4.78 is 15.4. The molecule has 4 aromatic rings. The Morgan fingerprint density at radius 3 is 3.03 bits per heavy atom. The van der Waals surface area contributed by atoms with Crippen LogP contribution in [-0.4, -0.2) is 78.1 Å². The number of carbonyl (C=O) groups is 2. The minimum atomic E-state index is -0.466. The van der Waals surface area contributed by atoms with E-state index in [1.54, 1.807) is 56.8 Å². The third kappa shape index (κ3) is 4.72. The summed E-state index contributed by atoms with van der Waals surface area (Å²) in [6, 6.07) is 7.92. The molecule has 0 saturated carbocycles. The van der Waals surface area contributed by atoms with Crippen molar-refractivity contribution in [3.63, 3.8) is 0 Å². The first-order valence-electron chi connectivity index (χ1n) is 11.9. The molecule has 1 saturated heterocycles. The van der Waals surface area contributed by atoms with Crippen molar-refractivity contribution in [3.8, 4) is 5.75 Å². The predicted octanol–water partition coefficient (Wildman–Crippen LogP) is 1.60. The van der Waals surface area contributed by atoms with Gasteiger partial charge in [-0.1, -0.05) is 16.8 Å². The number of hydrogen-bond donors (Lipinski definition) is 1. The molecule has 0 unspecified atom stereocenters. The Kier molecular flexibility index (Phi) is 6.18. The van der Waals surface area contributed by atoms with Crippen LogP contribution in [0, 0.1) is 0 Å². The number of benzene rings is 1. The van der Waals surface area contributed by atoms with Gasteiger partial charge in [-0.25, -0.2) is 0 Å². The van der Waals surface area contributed by atoms with E-state index in [-0.39, 0.29) is 31.5 Å². The van der Waals surface area contributed by atoms with E-state index < -0.39 is 12.1 Å². The van der Waals surface area contributed by atoms with Crippen LogP contribution < -0.4 is 10.1 Å². The van der Waals surface area contributed by atoms with Gasteiger partial charge in [0.25, 0.3) is 11.8 Å². The normalized spacial score (nSPS) is 20.4. The number of hydrogen-bond acceptors (Lipinski definition) is 8. The summed E-state index contributed by atoms with van der Waals surface area (Å²) in [6.07, 6.45) is 5.35. The molecular formula is C24H23ClN8O4. The van der Waals surface area contributed by atoms with Crippen LogP contribution in [0.4, 0.5) is 0 Å². The second-order valence-corrected chi connectivity index (χ2v) is 9.35. The molecule has 2 amide bonds. The molecule has 0 radical (unpaired) electrons. The molecule has 3 aromatic heterocycles. The first kappa shape index (κ1) is 23.4. The molecule has 12 nitrogen and oxygen atoms in total. The van der Waals surface area contributed by atoms with Crippen molar-refractivity contribution in [3.05, 3.63) is 70.9 Å². The van der Waals surface area contributed by atoms with Crippen molar-refractivity contribution in [1.29, 1.82) is 0 Å². The lowest BCUT2D eigenvalue weighted by Gasteiger charge is -2.20. The molecule has 2 aliphatic heterocycles. The standard InChI is InChI=1S/C24H23ClN8O4/c25-18-5-4-15-9-20(18)36-8-2-7-33-10-16(28-30-33)13-37-21-12-32(11-19(21)27-23(15)34)24(35)17-3-1-6-31-14-26-29-22(17)31/h1,3-6,9-10,14,19,21H,2,7-8,11-13H2,(H,27,34)/t19-,21-/m0/s1. The van der Waals surface area contributed by atoms with Crippen LogP contribution in [0.2, 0.25) is 5.02 Å². The number of nitrogens with zero attached hydrogens (tertiary/aromatic N) is 7. The highest BCUT2D eigenvalue weighted by atomic mass is 35.5. The van der Waals surface area contributed by atoms with Gasteiger partial charge in [-0.15, -0.1) is 15.3 Å². The smallest absolute Gasteiger partial charge is 0.257 e. The molecule has 190 valence electrons. The van der Waals surface area contributed by atoms with Crippen LogP contribution in [0.3, 0.4) is 0 Å². The summed E-state index contributed by atoms with van der Waals surface area (Å²) in [5, 5.41) is 19.7. The summed E-state index contributed by atoms with van der Waals surface area (Å²) in [5.41, 5.74) is 1.95. The van der Waals surface area contributed by atoms with Crippen molar-refractivity contribution >= 4 is 29.1 Å². The summed E-state index contributed by atoms with van der Waals surface area (Å²) in [4.78, 5) is 28.3. The van der Waals surface area contributed by atoms with Gasteiger partial charge in [-0.3, -0.25) is 18.7 Å². The van der Waals surface area contributed by atoms with Gasteiger partial charge in [0.1, 0.15) is 17.8 Å². The van der Waals surface area contributed by atoms with E-state index in [1.165, 1.54) is 0 Å². The highest BCUT2D eigenvalue weighted by molar-refractivity contribution is 6.32. The summed E-state index contributed by atoms with van der Waals surface area (Å²) in [6.45, 7) is 1.74. The Bertz CT molecular complexity index is 1470. The Morgan fingerprint density at radius 2 is 2.11 bits per heavy atom. The molecule has 0 aliphatic carbocycles. The molecule has 5 heterocycles. The molecule has 1 fully saturated rings. The number of halogens is 1. The number of carbonyl (C=O) groups excluding carboxylic acids is 2. The van der Waals surface area contributed by atoms with Crippen molar-refractivity contribution < 1.29 is 19.1 Å². The van der Waals surface area contributed by atoms with Crippen molar-refractivity contribution in [1.82, 2.24) is 39.8 Å². The van der Waals surface area contributed by atoms with E-state index in [2.05, 4.69) is 25.8 Å². The second kappa shape index (κ2) is 9.79. The Hall–Kier alpha value is -4.03. The van der Waals surface area contributed by atoms with Crippen LogP contribution in [0.1, 0.15) is 32.8 Å². The molecule has 1 N–H and O–H groups in total. The number of ether oxygens (including phenoxy) is 2. The van der Waals surface area contributed by atoms with Gasteiger partial charge in [0, 0.05) is 37.8 Å². The molecule has 13 heteroatoms. The van der Waals surface area contributed by atoms with Crippen LogP contribution in [-0.2, 0) is 17.9 Å². The van der Waals surface area contributed by atoms with E-state index >= 15 is 0 Å². The quantitative estimate of drug-likeness (QED) is 0.399. The topological polar surface area (TPSA) is 129 Å². The molecule has 1 aromatic carbocycles. The van der Waals surface area contributed by atoms with E-state index in [9.17, 15) is 9.59 Å². The SMILES string of the molecule is O=C1N[C@H]2CN(C(=O)c3cccn4cnnc34)C[C@@H]2OCc2cn(nn2)CCCOc2cc1ccc2Cl. The zero-order valence-electron chi connectivity index (χ0n) is 19.7. The molecule has 0 spiro atoms. The first-order chi connectivity index (χ1) is 18.0. The van der Waals surface area contributed by atoms with Gasteiger partial charge in [0.2, 0.25) is 0 Å². The first-order valence-corrected chi connectivity index (χ1v) is 12.2. The number of amides is 2. The number of fused-ring (bicyclic) bond motifs is 6. The van der Waals surface area contributed by atoms with Crippen LogP contribution in [0.25, 0.3) is 5.65 Å². The van der Waals surface area contributed by atoms with Crippen molar-refractivity contribution in [2.75, 3.05) is 19.7 Å². The summed E-state index contributed by atoms with van der Waals surface area (Å²) in [7, 11) is 0. The number of nitrogens with one attached hydrogen (secondary N) is 1. The lowest BCUT2D eigenvalue weighted by molar-refractivity contribution is 0.0291. The number of pyridine rings is 1. The van der Waals surface area contributed by atoms with Gasteiger partial charge in [-0.2, -0.15) is 0 Å². The van der Waals surface area contributed by atoms with Gasteiger partial charge in [0.05, 0.1) is 42.1 Å². The minimum absolute atomic E-state index is 0.195. The Labute approximate surface area is 216 Å². The summed E-state index contributed by atoms with van der Waals surface area (Å²) in [5.74, 6) is -0.104. The maximum atomic E-state index is 13.5. The van der Waals surface area contributed by atoms with Crippen LogP contribution >= 0.6 is 11.6 Å². The van der Waals surface area contributed by atoms with Crippen LogP contribution in [0.15, 0.2) is 49.1 Å². The molecule has 4 bridgehead atoms. The maximum Gasteiger partial charge on any atom is 0.257 e. The van der Waals surface area contributed by atoms with E-state index in [4.69, 9.17) is 21.1 Å². The van der Waals surface area contributed by atoms with Gasteiger partial charge in [0.15, 0.2) is 5.65 Å². The summed E-state index contributed by atoms with van der Waals surface area (Å²) >= 11 is 6.29. The second-order valence-electron chi connectivity index (χ2n) is 8.94. The Balaban J connectivity index is 1.28. The van der Waals surface area contributed by atoms with Gasteiger partial charge in [-0.05, 0) is 30.3 Å². The van der Waals surface area contributed by atoms with Gasteiger partial charge >= 0.3 is 0 Å². The minimum Gasteiger partial charge on any atom is -0.492 e. The largest absolute Gasteiger partial charge is 0.492 e. The van der Waals surface area contributed by atoms with Crippen LogP contribution in [0.5, 0.6) is 5.75 Å². The number of likely N-dealkylation sites (tertiary alicyclic amines) is 1. The van der Waals surface area contributed by atoms with Crippen molar-refractivity contribution in [2.24, 2.45) is 0 Å². The molecule has 37 heavy (non-hydrogen) atoms. The lowest BCUT2D eigenvalue weighted by atomic mass is 10.1. The zero-order chi connectivity index (χ0) is 25.4. The third-order valence-corrected chi connectivity index (χ3v) is 6.75. The monoisotopic (exact) mass is 522 g/mol. The van der Waals surface area contributed by atoms with Gasteiger partial charge < -0.3 is 19.7 Å². The number of aromatic nitrogens is 6. The fourth-order valence-electron chi connectivity index (χ4n) is 4.56. The maximum absolute atomic E-state index is 13.5. The molecule has 6 rings (SSSR count). The van der Waals surface area contributed by atoms with E-state index in [0.717, 1.165) is 0 Å². The highest BCUT2D eigenvalue weighted by Gasteiger charge is 2.38.